The number of halogens is 1. The molecule has 0 N–H and O–H groups in total. The Kier molecular flexibility index (Phi) is 3.38. The van der Waals surface area contributed by atoms with Crippen LogP contribution in [0.5, 0.6) is 0 Å². The van der Waals surface area contributed by atoms with Gasteiger partial charge in [0.05, 0.1) is 18.3 Å². The average Bonchev–Trinajstić information content (AvgIpc) is 2.71. The second kappa shape index (κ2) is 5.17. The predicted octanol–water partition coefficient (Wildman–Crippen LogP) is 3.49. The smallest absolute Gasteiger partial charge is 0.166 e. The lowest BCUT2D eigenvalue weighted by atomic mass is 10.1. The van der Waals surface area contributed by atoms with Crippen molar-refractivity contribution in [2.24, 2.45) is 0 Å². The van der Waals surface area contributed by atoms with E-state index in [9.17, 15) is 4.79 Å². The number of ketones is 1. The van der Waals surface area contributed by atoms with Crippen molar-refractivity contribution in [3.8, 4) is 0 Å². The molecule has 1 aliphatic rings. The van der Waals surface area contributed by atoms with Crippen LogP contribution < -0.4 is 0 Å². The third-order valence-electron chi connectivity index (χ3n) is 3.56. The summed E-state index contributed by atoms with van der Waals surface area (Å²) in [5, 5.41) is 5.10. The van der Waals surface area contributed by atoms with E-state index in [0.717, 1.165) is 41.1 Å². The van der Waals surface area contributed by atoms with Crippen LogP contribution in [0, 0.1) is 0 Å². The average molecular weight is 275 g/mol. The number of benzene rings is 1. The number of carbonyl (C=O) groups is 1. The lowest BCUT2D eigenvalue weighted by Crippen LogP contribution is -2.07. The number of Topliss-reactive ketones (excluding diaryl/α,β-unsaturated/α-hetero) is 1. The molecule has 3 rings (SSSR count). The highest BCUT2D eigenvalue weighted by molar-refractivity contribution is 6.30. The highest BCUT2D eigenvalue weighted by Crippen LogP contribution is 2.21. The molecule has 0 saturated carbocycles. The maximum absolute atomic E-state index is 11.9. The fourth-order valence-electron chi connectivity index (χ4n) is 2.52. The first kappa shape index (κ1) is 12.4. The molecular formula is C15H15ClN2O. The Balaban J connectivity index is 1.90. The maximum Gasteiger partial charge on any atom is 0.166 e. The molecule has 0 amide bonds. The summed E-state index contributed by atoms with van der Waals surface area (Å²) < 4.78 is 1.95. The first-order valence-electron chi connectivity index (χ1n) is 6.56. The number of carbonyl (C=O) groups excluding carboxylic acids is 1. The molecule has 0 spiro atoms. The van der Waals surface area contributed by atoms with E-state index in [4.69, 9.17) is 11.6 Å². The van der Waals surface area contributed by atoms with Crippen LogP contribution in [-0.4, -0.2) is 15.6 Å². The molecule has 1 aliphatic carbocycles. The molecule has 0 bridgehead atoms. The Morgan fingerprint density at radius 2 is 1.89 bits per heavy atom. The first-order valence-corrected chi connectivity index (χ1v) is 6.94. The van der Waals surface area contributed by atoms with E-state index in [2.05, 4.69) is 5.10 Å². The van der Waals surface area contributed by atoms with Crippen molar-refractivity contribution in [2.45, 2.75) is 32.2 Å². The summed E-state index contributed by atoms with van der Waals surface area (Å²) in [5.41, 5.74) is 3.04. The molecule has 3 nitrogen and oxygen atoms in total. The molecule has 1 heterocycles. The summed E-state index contributed by atoms with van der Waals surface area (Å²) in [5.74, 6) is 0.231. The molecular weight excluding hydrogens is 260 g/mol. The minimum absolute atomic E-state index is 0.231. The molecule has 0 radical (unpaired) electrons. The van der Waals surface area contributed by atoms with Crippen molar-refractivity contribution in [1.82, 2.24) is 9.78 Å². The van der Waals surface area contributed by atoms with Crippen molar-refractivity contribution < 1.29 is 4.79 Å². The molecule has 98 valence electrons. The zero-order valence-electron chi connectivity index (χ0n) is 10.6. The van der Waals surface area contributed by atoms with E-state index >= 15 is 0 Å². The fourth-order valence-corrected chi connectivity index (χ4v) is 2.64. The van der Waals surface area contributed by atoms with E-state index in [-0.39, 0.29) is 5.78 Å². The minimum Gasteiger partial charge on any atom is -0.294 e. The predicted molar refractivity (Wildman–Crippen MR) is 74.7 cm³/mol. The largest absolute Gasteiger partial charge is 0.294 e. The van der Waals surface area contributed by atoms with Crippen molar-refractivity contribution >= 4 is 17.4 Å². The van der Waals surface area contributed by atoms with E-state index in [1.165, 1.54) is 0 Å². The molecule has 1 aromatic heterocycles. The van der Waals surface area contributed by atoms with Crippen molar-refractivity contribution in [2.75, 3.05) is 0 Å². The van der Waals surface area contributed by atoms with Crippen LogP contribution in [0.1, 0.15) is 40.9 Å². The first-order chi connectivity index (χ1) is 9.24. The Morgan fingerprint density at radius 3 is 2.68 bits per heavy atom. The standard InChI is InChI=1S/C15H15ClN2O/c16-12-7-5-11(6-8-12)10-18-14-3-1-2-4-15(19)13(14)9-17-18/h5-9H,1-4,10H2. The van der Waals surface area contributed by atoms with Crippen molar-refractivity contribution in [3.05, 3.63) is 52.3 Å². The number of aromatic nitrogens is 2. The summed E-state index contributed by atoms with van der Waals surface area (Å²) in [4.78, 5) is 11.9. The highest BCUT2D eigenvalue weighted by Gasteiger charge is 2.20. The third kappa shape index (κ3) is 2.56. The monoisotopic (exact) mass is 274 g/mol. The normalized spacial score (nSPS) is 15.1. The second-order valence-corrected chi connectivity index (χ2v) is 5.36. The number of hydrogen-bond donors (Lipinski definition) is 0. The SMILES string of the molecule is O=C1CCCCc2c1cnn2Cc1ccc(Cl)cc1. The minimum atomic E-state index is 0.231. The fraction of sp³-hybridized carbons (Fsp3) is 0.333. The Hall–Kier alpha value is -1.61. The van der Waals surface area contributed by atoms with Gasteiger partial charge in [0, 0.05) is 17.1 Å². The van der Waals surface area contributed by atoms with Crippen LogP contribution in [0.25, 0.3) is 0 Å². The number of fused-ring (bicyclic) bond motifs is 1. The third-order valence-corrected chi connectivity index (χ3v) is 3.81. The summed E-state index contributed by atoms with van der Waals surface area (Å²) in [7, 11) is 0. The highest BCUT2D eigenvalue weighted by atomic mass is 35.5. The second-order valence-electron chi connectivity index (χ2n) is 4.92. The van der Waals surface area contributed by atoms with Gasteiger partial charge in [-0.25, -0.2) is 0 Å². The lowest BCUT2D eigenvalue weighted by molar-refractivity contribution is 0.0982. The van der Waals surface area contributed by atoms with Gasteiger partial charge in [-0.1, -0.05) is 23.7 Å². The van der Waals surface area contributed by atoms with Gasteiger partial charge in [0.1, 0.15) is 0 Å². The van der Waals surface area contributed by atoms with Gasteiger partial charge in [-0.05, 0) is 37.0 Å². The van der Waals surface area contributed by atoms with Crippen LogP contribution in [0.2, 0.25) is 5.02 Å². The lowest BCUT2D eigenvalue weighted by Gasteiger charge is -2.07. The summed E-state index contributed by atoms with van der Waals surface area (Å²) in [6.07, 6.45) is 5.35. The van der Waals surface area contributed by atoms with Gasteiger partial charge in [0.15, 0.2) is 5.78 Å². The van der Waals surface area contributed by atoms with Gasteiger partial charge in [0.2, 0.25) is 0 Å². The number of rotatable bonds is 2. The summed E-state index contributed by atoms with van der Waals surface area (Å²) in [6, 6.07) is 7.75. The zero-order chi connectivity index (χ0) is 13.2. The van der Waals surface area contributed by atoms with E-state index in [0.29, 0.717) is 13.0 Å². The Morgan fingerprint density at radius 1 is 1.16 bits per heavy atom. The van der Waals surface area contributed by atoms with Gasteiger partial charge >= 0.3 is 0 Å². The van der Waals surface area contributed by atoms with Crippen LogP contribution in [0.4, 0.5) is 0 Å². The number of nitrogens with zero attached hydrogens (tertiary/aromatic N) is 2. The molecule has 4 heteroatoms. The zero-order valence-corrected chi connectivity index (χ0v) is 11.4. The molecule has 0 saturated heterocycles. The van der Waals surface area contributed by atoms with Crippen molar-refractivity contribution in [3.63, 3.8) is 0 Å². The van der Waals surface area contributed by atoms with Crippen molar-refractivity contribution in [1.29, 1.82) is 0 Å². The molecule has 0 atom stereocenters. The molecule has 19 heavy (non-hydrogen) atoms. The maximum atomic E-state index is 11.9. The summed E-state index contributed by atoms with van der Waals surface area (Å²) >= 11 is 5.88. The van der Waals surface area contributed by atoms with Crippen LogP contribution in [0.15, 0.2) is 30.5 Å². The Labute approximate surface area is 117 Å². The van der Waals surface area contributed by atoms with Crippen LogP contribution >= 0.6 is 11.6 Å². The molecule has 0 fully saturated rings. The Bertz CT molecular complexity index is 601. The van der Waals surface area contributed by atoms with E-state index < -0.39 is 0 Å². The molecule has 0 unspecified atom stereocenters. The van der Waals surface area contributed by atoms with Crippen LogP contribution in [0.3, 0.4) is 0 Å². The number of hydrogen-bond acceptors (Lipinski definition) is 2. The van der Waals surface area contributed by atoms with Gasteiger partial charge in [-0.15, -0.1) is 0 Å². The summed E-state index contributed by atoms with van der Waals surface area (Å²) in [6.45, 7) is 0.694. The quantitative estimate of drug-likeness (QED) is 0.786. The topological polar surface area (TPSA) is 34.9 Å². The van der Waals surface area contributed by atoms with Gasteiger partial charge in [0.25, 0.3) is 0 Å². The molecule has 0 aliphatic heterocycles. The molecule has 2 aromatic rings. The van der Waals surface area contributed by atoms with E-state index in [1.54, 1.807) is 6.20 Å². The molecule has 1 aromatic carbocycles. The van der Waals surface area contributed by atoms with Crippen LogP contribution in [-0.2, 0) is 13.0 Å². The van der Waals surface area contributed by atoms with E-state index in [1.807, 2.05) is 28.9 Å². The van der Waals surface area contributed by atoms with Gasteiger partial charge in [-0.2, -0.15) is 5.10 Å². The van der Waals surface area contributed by atoms with Gasteiger partial charge in [-0.3, -0.25) is 9.48 Å². The van der Waals surface area contributed by atoms with Gasteiger partial charge < -0.3 is 0 Å².